The second kappa shape index (κ2) is 11.5. The van der Waals surface area contributed by atoms with Crippen molar-refractivity contribution in [1.82, 2.24) is 15.5 Å². The van der Waals surface area contributed by atoms with Gasteiger partial charge in [-0.05, 0) is 28.8 Å². The van der Waals surface area contributed by atoms with Gasteiger partial charge in [0.05, 0.1) is 13.2 Å². The smallest absolute Gasteiger partial charge is 0.387 e. The molecule has 1 heterocycles. The van der Waals surface area contributed by atoms with Crippen LogP contribution < -0.4 is 15.4 Å². The summed E-state index contributed by atoms with van der Waals surface area (Å²) in [6.45, 7) is 2.58. The molecule has 0 aromatic heterocycles. The van der Waals surface area contributed by atoms with Gasteiger partial charge in [0, 0.05) is 39.8 Å². The Morgan fingerprint density at radius 2 is 1.80 bits per heavy atom. The van der Waals surface area contributed by atoms with Crippen LogP contribution in [0.3, 0.4) is 0 Å². The van der Waals surface area contributed by atoms with Gasteiger partial charge in [-0.25, -0.2) is 0 Å². The second-order valence-electron chi connectivity index (χ2n) is 6.96. The zero-order chi connectivity index (χ0) is 21.2. The second-order valence-corrected chi connectivity index (χ2v) is 6.96. The van der Waals surface area contributed by atoms with Crippen LogP contribution in [0, 0.1) is 0 Å². The van der Waals surface area contributed by atoms with E-state index in [1.807, 2.05) is 12.1 Å². The van der Waals surface area contributed by atoms with Gasteiger partial charge in [0.1, 0.15) is 5.75 Å². The molecule has 6 nitrogen and oxygen atoms in total. The highest BCUT2D eigenvalue weighted by Crippen LogP contribution is 2.16. The molecule has 2 N–H and O–H groups in total. The maximum absolute atomic E-state index is 12.4. The average molecular weight is 418 g/mol. The molecule has 162 valence electrons. The third-order valence-electron chi connectivity index (χ3n) is 4.87. The fraction of sp³-hybridized carbons (Fsp3) is 0.409. The minimum atomic E-state index is -2.83. The Morgan fingerprint density at radius 3 is 2.53 bits per heavy atom. The monoisotopic (exact) mass is 418 g/mol. The maximum Gasteiger partial charge on any atom is 0.387 e. The summed E-state index contributed by atoms with van der Waals surface area (Å²) in [4.78, 5) is 6.64. The lowest BCUT2D eigenvalue weighted by atomic mass is 10.1. The molecule has 2 aromatic rings. The molecular weight excluding hydrogens is 390 g/mol. The Kier molecular flexibility index (Phi) is 8.41. The van der Waals surface area contributed by atoms with Crippen LogP contribution in [-0.4, -0.2) is 50.8 Å². The summed E-state index contributed by atoms with van der Waals surface area (Å²) in [5.41, 5.74) is 3.31. The third-order valence-corrected chi connectivity index (χ3v) is 4.87. The first-order valence-electron chi connectivity index (χ1n) is 9.99. The van der Waals surface area contributed by atoms with E-state index in [1.54, 1.807) is 19.2 Å². The number of morpholine rings is 1. The van der Waals surface area contributed by atoms with Gasteiger partial charge in [0.2, 0.25) is 0 Å². The summed E-state index contributed by atoms with van der Waals surface area (Å²) in [5, 5.41) is 6.53. The maximum atomic E-state index is 12.4. The average Bonchev–Trinajstić information content (AvgIpc) is 2.75. The van der Waals surface area contributed by atoms with Crippen molar-refractivity contribution < 1.29 is 18.3 Å². The Labute approximate surface area is 175 Å². The molecule has 1 aliphatic heterocycles. The van der Waals surface area contributed by atoms with Crippen molar-refractivity contribution in [1.29, 1.82) is 0 Å². The number of nitrogens with one attached hydrogen (secondary N) is 2. The summed E-state index contributed by atoms with van der Waals surface area (Å²) in [6.07, 6.45) is 0. The number of alkyl halides is 2. The first-order chi connectivity index (χ1) is 14.6. The Morgan fingerprint density at radius 1 is 1.07 bits per heavy atom. The van der Waals surface area contributed by atoms with E-state index in [-0.39, 0.29) is 5.75 Å². The van der Waals surface area contributed by atoms with Gasteiger partial charge in [0.25, 0.3) is 0 Å². The van der Waals surface area contributed by atoms with Gasteiger partial charge in [-0.2, -0.15) is 8.78 Å². The SMILES string of the molecule is CN=C(NCc1cccc(OC(F)F)c1)NCc1ccccc1CN1CCOCC1. The van der Waals surface area contributed by atoms with Crippen molar-refractivity contribution in [3.05, 3.63) is 65.2 Å². The molecule has 0 unspecified atom stereocenters. The van der Waals surface area contributed by atoms with Gasteiger partial charge in [0.15, 0.2) is 5.96 Å². The quantitative estimate of drug-likeness (QED) is 0.510. The molecule has 30 heavy (non-hydrogen) atoms. The summed E-state index contributed by atoms with van der Waals surface area (Å²) >= 11 is 0. The van der Waals surface area contributed by atoms with Crippen molar-refractivity contribution >= 4 is 5.96 Å². The number of hydrogen-bond acceptors (Lipinski definition) is 4. The van der Waals surface area contributed by atoms with Crippen LogP contribution in [0.15, 0.2) is 53.5 Å². The fourth-order valence-electron chi connectivity index (χ4n) is 3.30. The van der Waals surface area contributed by atoms with Crippen molar-refractivity contribution in [3.63, 3.8) is 0 Å². The Hall–Kier alpha value is -2.71. The van der Waals surface area contributed by atoms with Crippen LogP contribution in [0.5, 0.6) is 5.75 Å². The molecule has 8 heteroatoms. The minimum Gasteiger partial charge on any atom is -0.435 e. The molecule has 0 radical (unpaired) electrons. The van der Waals surface area contributed by atoms with Gasteiger partial charge in [-0.3, -0.25) is 9.89 Å². The van der Waals surface area contributed by atoms with E-state index in [0.29, 0.717) is 19.0 Å². The first kappa shape index (κ1) is 22.0. The molecule has 1 saturated heterocycles. The number of rotatable bonds is 8. The van der Waals surface area contributed by atoms with Crippen LogP contribution in [0.25, 0.3) is 0 Å². The van der Waals surface area contributed by atoms with E-state index in [4.69, 9.17) is 4.74 Å². The lowest BCUT2D eigenvalue weighted by Crippen LogP contribution is -2.37. The zero-order valence-electron chi connectivity index (χ0n) is 17.1. The molecule has 1 fully saturated rings. The van der Waals surface area contributed by atoms with Crippen LogP contribution in [0.4, 0.5) is 8.78 Å². The van der Waals surface area contributed by atoms with Crippen LogP contribution in [0.2, 0.25) is 0 Å². The summed E-state index contributed by atoms with van der Waals surface area (Å²) in [6, 6.07) is 15.0. The molecule has 1 aliphatic rings. The first-order valence-corrected chi connectivity index (χ1v) is 9.99. The van der Waals surface area contributed by atoms with E-state index in [9.17, 15) is 8.78 Å². The molecule has 0 bridgehead atoms. The number of guanidine groups is 1. The normalized spacial score (nSPS) is 15.3. The van der Waals surface area contributed by atoms with Crippen molar-refractivity contribution in [2.75, 3.05) is 33.4 Å². The van der Waals surface area contributed by atoms with E-state index in [0.717, 1.165) is 38.4 Å². The highest BCUT2D eigenvalue weighted by atomic mass is 19.3. The number of ether oxygens (including phenoxy) is 2. The van der Waals surface area contributed by atoms with Crippen molar-refractivity contribution in [3.8, 4) is 5.75 Å². The zero-order valence-corrected chi connectivity index (χ0v) is 17.1. The van der Waals surface area contributed by atoms with E-state index >= 15 is 0 Å². The van der Waals surface area contributed by atoms with E-state index in [2.05, 4.69) is 43.5 Å². The molecular formula is C22H28F2N4O2. The Bertz CT molecular complexity index is 826. The molecule has 0 amide bonds. The predicted octanol–water partition coefficient (Wildman–Crippen LogP) is 2.99. The topological polar surface area (TPSA) is 58.1 Å². The number of hydrogen-bond donors (Lipinski definition) is 2. The molecule has 0 aliphatic carbocycles. The molecule has 0 saturated carbocycles. The summed E-state index contributed by atoms with van der Waals surface area (Å²) in [7, 11) is 1.70. The lowest BCUT2D eigenvalue weighted by Gasteiger charge is -2.27. The van der Waals surface area contributed by atoms with Crippen molar-refractivity contribution in [2.45, 2.75) is 26.2 Å². The highest BCUT2D eigenvalue weighted by Gasteiger charge is 2.13. The Balaban J connectivity index is 1.53. The largest absolute Gasteiger partial charge is 0.435 e. The molecule has 3 rings (SSSR count). The fourth-order valence-corrected chi connectivity index (χ4v) is 3.30. The van der Waals surface area contributed by atoms with Gasteiger partial charge in [-0.15, -0.1) is 0 Å². The van der Waals surface area contributed by atoms with Crippen LogP contribution >= 0.6 is 0 Å². The van der Waals surface area contributed by atoms with Gasteiger partial charge in [-0.1, -0.05) is 36.4 Å². The predicted molar refractivity (Wildman–Crippen MR) is 113 cm³/mol. The van der Waals surface area contributed by atoms with Crippen LogP contribution in [0.1, 0.15) is 16.7 Å². The number of halogens is 2. The number of aliphatic imine (C=N–C) groups is 1. The van der Waals surface area contributed by atoms with Gasteiger partial charge < -0.3 is 20.1 Å². The standard InChI is InChI=1S/C22H28F2N4O2/c1-25-22(26-14-17-5-4-8-20(13-17)30-21(23)24)27-15-18-6-2-3-7-19(18)16-28-9-11-29-12-10-28/h2-8,13,21H,9-12,14-16H2,1H3,(H2,25,26,27). The third kappa shape index (κ3) is 6.96. The number of nitrogens with zero attached hydrogens (tertiary/aromatic N) is 2. The van der Waals surface area contributed by atoms with E-state index in [1.165, 1.54) is 17.2 Å². The van der Waals surface area contributed by atoms with E-state index < -0.39 is 6.61 Å². The minimum absolute atomic E-state index is 0.143. The molecule has 0 spiro atoms. The molecule has 0 atom stereocenters. The number of benzene rings is 2. The summed E-state index contributed by atoms with van der Waals surface area (Å²) < 4.78 is 34.7. The summed E-state index contributed by atoms with van der Waals surface area (Å²) in [5.74, 6) is 0.778. The molecule has 2 aromatic carbocycles. The lowest BCUT2D eigenvalue weighted by molar-refractivity contribution is -0.0498. The van der Waals surface area contributed by atoms with Crippen molar-refractivity contribution in [2.24, 2.45) is 4.99 Å². The highest BCUT2D eigenvalue weighted by molar-refractivity contribution is 5.79. The van der Waals surface area contributed by atoms with Crippen LogP contribution in [-0.2, 0) is 24.4 Å². The van der Waals surface area contributed by atoms with Gasteiger partial charge >= 0.3 is 6.61 Å².